The number of carbonyl (C=O) groups excluding carboxylic acids is 1. The van der Waals surface area contributed by atoms with Crippen molar-refractivity contribution in [2.24, 2.45) is 0 Å². The van der Waals surface area contributed by atoms with Crippen LogP contribution in [0.2, 0.25) is 0 Å². The Balaban J connectivity index is 2.91. The van der Waals surface area contributed by atoms with E-state index in [2.05, 4.69) is 10.3 Å². The van der Waals surface area contributed by atoms with Crippen molar-refractivity contribution in [3.63, 3.8) is 0 Å². The summed E-state index contributed by atoms with van der Waals surface area (Å²) < 4.78 is 0. The molecule has 0 unspecified atom stereocenters. The highest BCUT2D eigenvalue weighted by atomic mass is 16.4. The maximum absolute atomic E-state index is 11.7. The van der Waals surface area contributed by atoms with E-state index >= 15 is 0 Å². The largest absolute Gasteiger partial charge is 0.478 e. The van der Waals surface area contributed by atoms with E-state index in [1.54, 1.807) is 6.07 Å². The van der Waals surface area contributed by atoms with E-state index < -0.39 is 5.97 Å². The van der Waals surface area contributed by atoms with E-state index in [4.69, 9.17) is 5.11 Å². The molecule has 0 aliphatic heterocycles. The smallest absolute Gasteiger partial charge is 0.328 e. The van der Waals surface area contributed by atoms with Gasteiger partial charge in [-0.25, -0.2) is 4.79 Å². The molecule has 0 saturated heterocycles. The summed E-state index contributed by atoms with van der Waals surface area (Å²) in [5, 5.41) is 11.3. The monoisotopic (exact) mass is 234 g/mol. The summed E-state index contributed by atoms with van der Waals surface area (Å²) in [4.78, 5) is 26.0. The molecule has 17 heavy (non-hydrogen) atoms. The molecule has 1 rings (SSSR count). The van der Waals surface area contributed by atoms with Crippen LogP contribution in [0.5, 0.6) is 0 Å². The molecule has 0 radical (unpaired) electrons. The predicted octanol–water partition coefficient (Wildman–Crippen LogP) is 1.32. The zero-order chi connectivity index (χ0) is 12.7. The van der Waals surface area contributed by atoms with Crippen LogP contribution in [0.25, 0.3) is 6.08 Å². The Morgan fingerprint density at radius 1 is 1.53 bits per heavy atom. The maximum Gasteiger partial charge on any atom is 0.328 e. The summed E-state index contributed by atoms with van der Waals surface area (Å²) in [6, 6.07) is 1.56. The van der Waals surface area contributed by atoms with E-state index in [1.807, 2.05) is 6.92 Å². The molecule has 0 aliphatic rings. The fourth-order valence-electron chi connectivity index (χ4n) is 1.24. The maximum atomic E-state index is 11.7. The molecule has 0 fully saturated rings. The molecule has 0 aliphatic carbocycles. The lowest BCUT2D eigenvalue weighted by Crippen LogP contribution is -2.24. The first-order chi connectivity index (χ1) is 8.15. The third-order valence-corrected chi connectivity index (χ3v) is 2.04. The van der Waals surface area contributed by atoms with Gasteiger partial charge in [0.1, 0.15) is 0 Å². The number of carbonyl (C=O) groups is 2. The summed E-state index contributed by atoms with van der Waals surface area (Å²) in [5.41, 5.74) is 0.912. The van der Waals surface area contributed by atoms with E-state index in [9.17, 15) is 9.59 Å². The molecule has 1 heterocycles. The van der Waals surface area contributed by atoms with Crippen LogP contribution >= 0.6 is 0 Å². The van der Waals surface area contributed by atoms with Crippen LogP contribution in [-0.4, -0.2) is 28.5 Å². The van der Waals surface area contributed by atoms with Crippen molar-refractivity contribution in [1.82, 2.24) is 10.3 Å². The Labute approximate surface area is 99.2 Å². The fourth-order valence-corrected chi connectivity index (χ4v) is 1.24. The van der Waals surface area contributed by atoms with E-state index in [0.29, 0.717) is 17.7 Å². The Kier molecular flexibility index (Phi) is 4.87. The Hall–Kier alpha value is -2.17. The Morgan fingerprint density at radius 2 is 2.29 bits per heavy atom. The van der Waals surface area contributed by atoms with Crippen LogP contribution < -0.4 is 5.32 Å². The van der Waals surface area contributed by atoms with Crippen molar-refractivity contribution in [2.45, 2.75) is 13.3 Å². The lowest BCUT2D eigenvalue weighted by atomic mass is 10.1. The van der Waals surface area contributed by atoms with Crippen molar-refractivity contribution in [2.75, 3.05) is 6.54 Å². The van der Waals surface area contributed by atoms with Gasteiger partial charge >= 0.3 is 5.97 Å². The lowest BCUT2D eigenvalue weighted by molar-refractivity contribution is -0.131. The zero-order valence-electron chi connectivity index (χ0n) is 9.51. The van der Waals surface area contributed by atoms with Gasteiger partial charge < -0.3 is 10.4 Å². The van der Waals surface area contributed by atoms with Crippen LogP contribution in [0.4, 0.5) is 0 Å². The van der Waals surface area contributed by atoms with Gasteiger partial charge in [-0.2, -0.15) is 0 Å². The van der Waals surface area contributed by atoms with Gasteiger partial charge in [0.05, 0.1) is 0 Å². The topological polar surface area (TPSA) is 79.3 Å². The molecule has 5 heteroatoms. The number of carboxylic acids is 1. The van der Waals surface area contributed by atoms with Gasteiger partial charge in [-0.05, 0) is 18.6 Å². The number of nitrogens with zero attached hydrogens (tertiary/aromatic N) is 1. The predicted molar refractivity (Wildman–Crippen MR) is 63.5 cm³/mol. The van der Waals surface area contributed by atoms with Crippen LogP contribution in [0, 0.1) is 0 Å². The minimum Gasteiger partial charge on any atom is -0.478 e. The zero-order valence-corrected chi connectivity index (χ0v) is 9.51. The molecule has 0 aromatic carbocycles. The summed E-state index contributed by atoms with van der Waals surface area (Å²) >= 11 is 0. The molecular weight excluding hydrogens is 220 g/mol. The number of aromatic nitrogens is 1. The second-order valence-corrected chi connectivity index (χ2v) is 3.39. The van der Waals surface area contributed by atoms with E-state index in [-0.39, 0.29) is 5.91 Å². The molecule has 5 nitrogen and oxygen atoms in total. The van der Waals surface area contributed by atoms with Gasteiger partial charge in [-0.1, -0.05) is 6.92 Å². The lowest BCUT2D eigenvalue weighted by Gasteiger charge is -2.05. The average Bonchev–Trinajstić information content (AvgIpc) is 2.33. The number of nitrogens with one attached hydrogen (secondary N) is 1. The highest BCUT2D eigenvalue weighted by Crippen LogP contribution is 2.09. The van der Waals surface area contributed by atoms with Gasteiger partial charge in [-0.3, -0.25) is 9.78 Å². The van der Waals surface area contributed by atoms with E-state index in [0.717, 1.165) is 12.5 Å². The quantitative estimate of drug-likeness (QED) is 0.753. The van der Waals surface area contributed by atoms with Crippen LogP contribution in [0.1, 0.15) is 29.3 Å². The van der Waals surface area contributed by atoms with Gasteiger partial charge in [-0.15, -0.1) is 0 Å². The SMILES string of the molecule is CCCNC(=O)c1ccncc1C=CC(=O)O. The van der Waals surface area contributed by atoms with Crippen molar-refractivity contribution in [3.8, 4) is 0 Å². The number of aliphatic carboxylic acids is 1. The standard InChI is InChI=1S/C12H14N2O3/c1-2-6-14-12(17)10-5-7-13-8-9(10)3-4-11(15)16/h3-5,7-8H,2,6H2,1H3,(H,14,17)(H,15,16). The Bertz CT molecular complexity index is 441. The van der Waals surface area contributed by atoms with Gasteiger partial charge in [0, 0.05) is 36.1 Å². The summed E-state index contributed by atoms with van der Waals surface area (Å²) in [6.45, 7) is 2.54. The highest BCUT2D eigenvalue weighted by Gasteiger charge is 2.08. The third kappa shape index (κ3) is 4.06. The first kappa shape index (κ1) is 12.9. The third-order valence-electron chi connectivity index (χ3n) is 2.04. The summed E-state index contributed by atoms with van der Waals surface area (Å²) in [7, 11) is 0. The number of carboxylic acid groups (broad SMARTS) is 1. The molecule has 1 aromatic rings. The number of rotatable bonds is 5. The summed E-state index contributed by atoms with van der Waals surface area (Å²) in [5.74, 6) is -1.28. The van der Waals surface area contributed by atoms with Gasteiger partial charge in [0.25, 0.3) is 5.91 Å². The summed E-state index contributed by atoms with van der Waals surface area (Å²) in [6.07, 6.45) is 6.14. The molecule has 0 spiro atoms. The normalized spacial score (nSPS) is 10.4. The fraction of sp³-hybridized carbons (Fsp3) is 0.250. The number of amides is 1. The molecule has 1 aromatic heterocycles. The molecule has 0 atom stereocenters. The van der Waals surface area contributed by atoms with Gasteiger partial charge in [0.15, 0.2) is 0 Å². The average molecular weight is 234 g/mol. The molecular formula is C12H14N2O3. The van der Waals surface area contributed by atoms with Gasteiger partial charge in [0.2, 0.25) is 0 Å². The van der Waals surface area contributed by atoms with Crippen LogP contribution in [0.3, 0.4) is 0 Å². The van der Waals surface area contributed by atoms with E-state index in [1.165, 1.54) is 18.5 Å². The second kappa shape index (κ2) is 6.42. The Morgan fingerprint density at radius 3 is 2.94 bits per heavy atom. The van der Waals surface area contributed by atoms with Crippen molar-refractivity contribution < 1.29 is 14.7 Å². The first-order valence-electron chi connectivity index (χ1n) is 5.28. The van der Waals surface area contributed by atoms with Crippen molar-refractivity contribution >= 4 is 18.0 Å². The molecule has 2 N–H and O–H groups in total. The minimum atomic E-state index is -1.06. The number of hydrogen-bond donors (Lipinski definition) is 2. The second-order valence-electron chi connectivity index (χ2n) is 3.39. The van der Waals surface area contributed by atoms with Crippen LogP contribution in [0.15, 0.2) is 24.5 Å². The number of pyridine rings is 1. The number of hydrogen-bond acceptors (Lipinski definition) is 3. The van der Waals surface area contributed by atoms with Crippen molar-refractivity contribution in [1.29, 1.82) is 0 Å². The molecule has 0 saturated carbocycles. The molecule has 1 amide bonds. The molecule has 90 valence electrons. The van der Waals surface area contributed by atoms with Crippen molar-refractivity contribution in [3.05, 3.63) is 35.7 Å². The first-order valence-corrected chi connectivity index (χ1v) is 5.28. The van der Waals surface area contributed by atoms with Crippen LogP contribution in [-0.2, 0) is 4.79 Å². The highest BCUT2D eigenvalue weighted by molar-refractivity contribution is 5.98. The molecule has 0 bridgehead atoms. The minimum absolute atomic E-state index is 0.223.